The maximum atomic E-state index is 12.5. The van der Waals surface area contributed by atoms with Gasteiger partial charge in [0.25, 0.3) is 0 Å². The van der Waals surface area contributed by atoms with E-state index in [-0.39, 0.29) is 24.1 Å². The highest BCUT2D eigenvalue weighted by Crippen LogP contribution is 2.22. The highest BCUT2D eigenvalue weighted by Gasteiger charge is 2.23. The van der Waals surface area contributed by atoms with Crippen LogP contribution in [0.3, 0.4) is 0 Å². The molecule has 0 aliphatic heterocycles. The summed E-state index contributed by atoms with van der Waals surface area (Å²) in [4.78, 5) is 24.7. The molecule has 0 radical (unpaired) electrons. The Balaban J connectivity index is 0.00000312. The van der Waals surface area contributed by atoms with Gasteiger partial charge in [-0.15, -0.1) is 12.4 Å². The fourth-order valence-electron chi connectivity index (χ4n) is 2.39. The minimum absolute atomic E-state index is 0. The molecule has 1 atom stereocenters. The van der Waals surface area contributed by atoms with E-state index in [1.807, 2.05) is 20.8 Å². The normalized spacial score (nSPS) is 12.2. The van der Waals surface area contributed by atoms with Crippen molar-refractivity contribution < 1.29 is 9.59 Å². The Morgan fingerprint density at radius 3 is 2.20 bits per heavy atom. The molecule has 2 aromatic rings. The monoisotopic (exact) mass is 364 g/mol. The molecule has 0 fully saturated rings. The van der Waals surface area contributed by atoms with Crippen molar-refractivity contribution >= 4 is 29.8 Å². The Morgan fingerprint density at radius 2 is 1.76 bits per heavy atom. The number of benzene rings is 1. The molecule has 6 nitrogen and oxygen atoms in total. The van der Waals surface area contributed by atoms with Gasteiger partial charge in [-0.1, -0.05) is 20.8 Å². The zero-order valence-corrected chi connectivity index (χ0v) is 16.0. The van der Waals surface area contributed by atoms with Crippen LogP contribution in [0.5, 0.6) is 0 Å². The lowest BCUT2D eigenvalue weighted by Gasteiger charge is -2.17. The number of Topliss-reactive ketones (excluding diaryl/α,β-unsaturated/α-hetero) is 1. The molecule has 1 unspecified atom stereocenters. The van der Waals surface area contributed by atoms with Crippen molar-refractivity contribution in [3.8, 4) is 0 Å². The first-order valence-electron chi connectivity index (χ1n) is 7.84. The molecular weight excluding hydrogens is 340 g/mol. The number of nitrogens with one attached hydrogen (secondary N) is 2. The number of rotatable bonds is 5. The van der Waals surface area contributed by atoms with Crippen LogP contribution in [0.25, 0.3) is 0 Å². The largest absolute Gasteiger partial charge is 0.324 e. The summed E-state index contributed by atoms with van der Waals surface area (Å²) in [5.74, 6) is -0.107. The molecule has 1 aromatic heterocycles. The molecule has 0 saturated heterocycles. The molecule has 0 saturated carbocycles. The van der Waals surface area contributed by atoms with Gasteiger partial charge in [0.2, 0.25) is 5.91 Å². The fourth-order valence-corrected chi connectivity index (χ4v) is 2.39. The van der Waals surface area contributed by atoms with Crippen LogP contribution >= 0.6 is 12.4 Å². The molecule has 0 aliphatic rings. The molecule has 7 heteroatoms. The predicted octanol–water partition coefficient (Wildman–Crippen LogP) is 2.97. The fraction of sp³-hybridized carbons (Fsp3) is 0.389. The summed E-state index contributed by atoms with van der Waals surface area (Å²) in [6, 6.07) is 6.47. The zero-order chi connectivity index (χ0) is 17.9. The SMILES string of the molecule is CNC(C(=O)Nc1ccc(C(=O)C(C)(C)C)cc1)c1cnn(C)c1.Cl. The van der Waals surface area contributed by atoms with E-state index in [4.69, 9.17) is 0 Å². The summed E-state index contributed by atoms with van der Waals surface area (Å²) in [5, 5.41) is 9.93. The second-order valence-electron chi connectivity index (χ2n) is 6.81. The standard InChI is InChI=1S/C18H24N4O2.ClH/c1-18(2,3)16(23)12-6-8-14(9-7-12)21-17(24)15(19-4)13-10-20-22(5)11-13;/h6-11,15,19H,1-5H3,(H,21,24);1H. The van der Waals surface area contributed by atoms with E-state index in [0.29, 0.717) is 11.3 Å². The van der Waals surface area contributed by atoms with Crippen molar-refractivity contribution in [3.05, 3.63) is 47.8 Å². The summed E-state index contributed by atoms with van der Waals surface area (Å²) in [7, 11) is 3.53. The molecule has 0 aliphatic carbocycles. The summed E-state index contributed by atoms with van der Waals surface area (Å²) in [5.41, 5.74) is 1.65. The van der Waals surface area contributed by atoms with Crippen molar-refractivity contribution in [1.29, 1.82) is 0 Å². The van der Waals surface area contributed by atoms with Gasteiger partial charge < -0.3 is 10.6 Å². The minimum atomic E-state index is -0.491. The van der Waals surface area contributed by atoms with Crippen LogP contribution in [-0.4, -0.2) is 28.5 Å². The number of amides is 1. The lowest BCUT2D eigenvalue weighted by molar-refractivity contribution is -0.118. The van der Waals surface area contributed by atoms with Crippen LogP contribution in [0.2, 0.25) is 0 Å². The first-order chi connectivity index (χ1) is 11.2. The molecule has 1 amide bonds. The average Bonchev–Trinajstić information content (AvgIpc) is 2.93. The van der Waals surface area contributed by atoms with E-state index in [2.05, 4.69) is 15.7 Å². The molecule has 1 aromatic carbocycles. The smallest absolute Gasteiger partial charge is 0.246 e. The third kappa shape index (κ3) is 5.14. The number of nitrogens with zero attached hydrogens (tertiary/aromatic N) is 2. The number of hydrogen-bond donors (Lipinski definition) is 2. The van der Waals surface area contributed by atoms with E-state index >= 15 is 0 Å². The number of likely N-dealkylation sites (N-methyl/N-ethyl adjacent to an activating group) is 1. The zero-order valence-electron chi connectivity index (χ0n) is 15.2. The Morgan fingerprint density at radius 1 is 1.16 bits per heavy atom. The topological polar surface area (TPSA) is 76.0 Å². The van der Waals surface area contributed by atoms with E-state index < -0.39 is 11.5 Å². The Labute approximate surface area is 154 Å². The predicted molar refractivity (Wildman–Crippen MR) is 101 cm³/mol. The van der Waals surface area contributed by atoms with E-state index in [0.717, 1.165) is 5.56 Å². The van der Waals surface area contributed by atoms with Crippen molar-refractivity contribution in [3.63, 3.8) is 0 Å². The highest BCUT2D eigenvalue weighted by molar-refractivity contribution is 6.00. The van der Waals surface area contributed by atoms with E-state index in [1.165, 1.54) is 0 Å². The van der Waals surface area contributed by atoms with Gasteiger partial charge in [-0.05, 0) is 31.3 Å². The summed E-state index contributed by atoms with van der Waals surface area (Å²) >= 11 is 0. The number of carbonyl (C=O) groups excluding carboxylic acids is 2. The number of carbonyl (C=O) groups is 2. The van der Waals surface area contributed by atoms with Crippen LogP contribution in [0.4, 0.5) is 5.69 Å². The molecule has 0 bridgehead atoms. The first-order valence-corrected chi connectivity index (χ1v) is 7.84. The first kappa shape index (κ1) is 20.9. The third-order valence-corrected chi connectivity index (χ3v) is 3.70. The maximum absolute atomic E-state index is 12.5. The highest BCUT2D eigenvalue weighted by atomic mass is 35.5. The van der Waals surface area contributed by atoms with Crippen LogP contribution in [-0.2, 0) is 11.8 Å². The van der Waals surface area contributed by atoms with Crippen molar-refractivity contribution in [2.75, 3.05) is 12.4 Å². The molecule has 25 heavy (non-hydrogen) atoms. The van der Waals surface area contributed by atoms with Crippen molar-refractivity contribution in [2.45, 2.75) is 26.8 Å². The third-order valence-electron chi connectivity index (χ3n) is 3.70. The van der Waals surface area contributed by atoms with Gasteiger partial charge in [-0.25, -0.2) is 0 Å². The van der Waals surface area contributed by atoms with Crippen molar-refractivity contribution in [2.24, 2.45) is 12.5 Å². The molecule has 0 spiro atoms. The van der Waals surface area contributed by atoms with Crippen LogP contribution < -0.4 is 10.6 Å². The van der Waals surface area contributed by atoms with E-state index in [9.17, 15) is 9.59 Å². The van der Waals surface area contributed by atoms with Gasteiger partial charge >= 0.3 is 0 Å². The number of ketones is 1. The quantitative estimate of drug-likeness (QED) is 0.800. The summed E-state index contributed by atoms with van der Waals surface area (Å²) < 4.78 is 1.65. The second kappa shape index (κ2) is 8.27. The van der Waals surface area contributed by atoms with Gasteiger partial charge in [0.15, 0.2) is 5.78 Å². The maximum Gasteiger partial charge on any atom is 0.246 e. The van der Waals surface area contributed by atoms with Gasteiger partial charge in [-0.2, -0.15) is 5.10 Å². The summed E-state index contributed by atoms with van der Waals surface area (Å²) in [6.07, 6.45) is 3.46. The van der Waals surface area contributed by atoms with E-state index in [1.54, 1.807) is 55.4 Å². The second-order valence-corrected chi connectivity index (χ2v) is 6.81. The molecule has 1 heterocycles. The van der Waals surface area contributed by atoms with Gasteiger partial charge in [0.05, 0.1) is 6.20 Å². The Kier molecular flexibility index (Phi) is 6.90. The lowest BCUT2D eigenvalue weighted by Crippen LogP contribution is -2.30. The average molecular weight is 365 g/mol. The summed E-state index contributed by atoms with van der Waals surface area (Å²) in [6.45, 7) is 5.66. The van der Waals surface area contributed by atoms with Gasteiger partial charge in [0.1, 0.15) is 6.04 Å². The number of anilines is 1. The number of aryl methyl sites for hydroxylation is 1. The number of halogens is 1. The van der Waals surface area contributed by atoms with Gasteiger partial charge in [0, 0.05) is 35.5 Å². The molecule has 2 N–H and O–H groups in total. The Bertz CT molecular complexity index is 732. The van der Waals surface area contributed by atoms with Crippen LogP contribution in [0.1, 0.15) is 42.7 Å². The lowest BCUT2D eigenvalue weighted by atomic mass is 9.86. The number of hydrogen-bond acceptors (Lipinski definition) is 4. The van der Waals surface area contributed by atoms with Crippen LogP contribution in [0.15, 0.2) is 36.7 Å². The minimum Gasteiger partial charge on any atom is -0.324 e. The Hall–Kier alpha value is -2.18. The van der Waals surface area contributed by atoms with Crippen LogP contribution in [0, 0.1) is 5.41 Å². The molecular formula is C18H25ClN4O2. The number of aromatic nitrogens is 2. The molecule has 2 rings (SSSR count). The molecule has 136 valence electrons. The van der Waals surface area contributed by atoms with Gasteiger partial charge in [-0.3, -0.25) is 14.3 Å². The van der Waals surface area contributed by atoms with Crippen molar-refractivity contribution in [1.82, 2.24) is 15.1 Å².